The normalized spacial score (nSPS) is 13.7. The molecule has 35 heavy (non-hydrogen) atoms. The van der Waals surface area contributed by atoms with Crippen molar-refractivity contribution in [3.63, 3.8) is 0 Å². The van der Waals surface area contributed by atoms with Crippen molar-refractivity contribution in [2.45, 2.75) is 18.7 Å². The van der Waals surface area contributed by atoms with Gasteiger partial charge in [-0.15, -0.1) is 0 Å². The summed E-state index contributed by atoms with van der Waals surface area (Å²) in [7, 11) is -3.90. The molecular weight excluding hydrogens is 468 g/mol. The minimum absolute atomic E-state index is 0.149. The molecule has 1 N–H and O–H groups in total. The first-order valence-corrected chi connectivity index (χ1v) is 12.3. The van der Waals surface area contributed by atoms with Crippen LogP contribution in [0.1, 0.15) is 11.3 Å². The molecule has 1 aliphatic heterocycles. The van der Waals surface area contributed by atoms with Gasteiger partial charge in [-0.2, -0.15) is 5.10 Å². The van der Waals surface area contributed by atoms with Crippen LogP contribution in [0.15, 0.2) is 71.6 Å². The standard InChI is InChI=1S/C25H22N4O5S/c1-16-9-11-19(12-10-16)29-22(13-17(2)27-29)26-23(30)15-34-24(31)14-28-20-7-3-5-18-6-4-8-21(25(18)20)35(28,32)33/h3-13H,14-15H2,1-2H3,(H,26,30). The van der Waals surface area contributed by atoms with Crippen LogP contribution in [0.4, 0.5) is 11.5 Å². The Morgan fingerprint density at radius 2 is 1.71 bits per heavy atom. The summed E-state index contributed by atoms with van der Waals surface area (Å²) in [5.74, 6) is -0.977. The highest BCUT2D eigenvalue weighted by molar-refractivity contribution is 7.93. The van der Waals surface area contributed by atoms with Gasteiger partial charge in [0.05, 0.1) is 22.0 Å². The van der Waals surface area contributed by atoms with Crippen LogP contribution in [-0.2, 0) is 24.3 Å². The molecule has 9 nitrogen and oxygen atoms in total. The van der Waals surface area contributed by atoms with Gasteiger partial charge in [0.25, 0.3) is 15.9 Å². The Bertz CT molecular complexity index is 1570. The van der Waals surface area contributed by atoms with Crippen LogP contribution in [0.5, 0.6) is 0 Å². The van der Waals surface area contributed by atoms with Crippen molar-refractivity contribution in [1.29, 1.82) is 0 Å². The summed E-state index contributed by atoms with van der Waals surface area (Å²) >= 11 is 0. The van der Waals surface area contributed by atoms with E-state index in [0.717, 1.165) is 20.9 Å². The fraction of sp³-hybridized carbons (Fsp3) is 0.160. The number of carbonyl (C=O) groups excluding carboxylic acids is 2. The van der Waals surface area contributed by atoms with E-state index in [1.807, 2.05) is 43.3 Å². The maximum atomic E-state index is 13.0. The molecule has 5 rings (SSSR count). The Hall–Kier alpha value is -4.18. The summed E-state index contributed by atoms with van der Waals surface area (Å²) in [4.78, 5) is 25.2. The molecule has 0 spiro atoms. The van der Waals surface area contributed by atoms with Crippen LogP contribution < -0.4 is 9.62 Å². The number of rotatable bonds is 6. The fourth-order valence-electron chi connectivity index (χ4n) is 4.09. The summed E-state index contributed by atoms with van der Waals surface area (Å²) < 4.78 is 33.7. The van der Waals surface area contributed by atoms with Gasteiger partial charge in [0.2, 0.25) is 0 Å². The molecule has 10 heteroatoms. The summed E-state index contributed by atoms with van der Waals surface area (Å²) in [6, 6.07) is 19.5. The maximum absolute atomic E-state index is 13.0. The number of carbonyl (C=O) groups is 2. The Kier molecular flexibility index (Phi) is 5.52. The van der Waals surface area contributed by atoms with Gasteiger partial charge in [-0.05, 0) is 43.5 Å². The average Bonchev–Trinajstić information content (AvgIpc) is 3.29. The minimum atomic E-state index is -3.90. The second-order valence-corrected chi connectivity index (χ2v) is 10.1. The molecule has 2 heterocycles. The van der Waals surface area contributed by atoms with Gasteiger partial charge in [0.15, 0.2) is 6.61 Å². The molecule has 0 saturated heterocycles. The van der Waals surface area contributed by atoms with Crippen LogP contribution >= 0.6 is 0 Å². The third kappa shape index (κ3) is 4.12. The van der Waals surface area contributed by atoms with Crippen molar-refractivity contribution in [3.8, 4) is 5.69 Å². The van der Waals surface area contributed by atoms with Crippen molar-refractivity contribution in [2.75, 3.05) is 22.8 Å². The number of hydrogen-bond donors (Lipinski definition) is 1. The lowest BCUT2D eigenvalue weighted by atomic mass is 10.1. The Morgan fingerprint density at radius 3 is 2.46 bits per heavy atom. The van der Waals surface area contributed by atoms with E-state index >= 15 is 0 Å². The SMILES string of the molecule is Cc1ccc(-n2nc(C)cc2NC(=O)COC(=O)CN2c3cccc4cccc(c34)S2(=O)=O)cc1. The molecule has 1 aromatic heterocycles. The van der Waals surface area contributed by atoms with Gasteiger partial charge in [0.1, 0.15) is 12.4 Å². The second kappa shape index (κ2) is 8.55. The summed E-state index contributed by atoms with van der Waals surface area (Å²) in [5.41, 5.74) is 2.97. The third-order valence-electron chi connectivity index (χ3n) is 5.70. The van der Waals surface area contributed by atoms with E-state index in [4.69, 9.17) is 4.74 Å². The van der Waals surface area contributed by atoms with Gasteiger partial charge >= 0.3 is 5.97 Å². The Morgan fingerprint density at radius 1 is 1.00 bits per heavy atom. The number of hydrogen-bond acceptors (Lipinski definition) is 6. The second-order valence-electron chi connectivity index (χ2n) is 8.27. The van der Waals surface area contributed by atoms with Crippen LogP contribution in [0, 0.1) is 13.8 Å². The van der Waals surface area contributed by atoms with Gasteiger partial charge in [0, 0.05) is 11.5 Å². The quantitative estimate of drug-likeness (QED) is 0.415. The lowest BCUT2D eigenvalue weighted by Crippen LogP contribution is -2.34. The summed E-state index contributed by atoms with van der Waals surface area (Å²) in [6.45, 7) is 2.67. The number of sulfonamides is 1. The Labute approximate surface area is 202 Å². The van der Waals surface area contributed by atoms with Gasteiger partial charge in [-0.3, -0.25) is 13.9 Å². The molecule has 1 aliphatic rings. The van der Waals surface area contributed by atoms with E-state index in [1.54, 1.807) is 35.9 Å². The van der Waals surface area contributed by atoms with Gasteiger partial charge < -0.3 is 10.1 Å². The molecule has 0 fully saturated rings. The average molecular weight is 491 g/mol. The highest BCUT2D eigenvalue weighted by Gasteiger charge is 2.37. The number of ether oxygens (including phenoxy) is 1. The molecule has 0 aliphatic carbocycles. The fourth-order valence-corrected chi connectivity index (χ4v) is 5.74. The number of nitrogens with zero attached hydrogens (tertiary/aromatic N) is 3. The molecule has 0 unspecified atom stereocenters. The van der Waals surface area contributed by atoms with E-state index in [9.17, 15) is 18.0 Å². The summed E-state index contributed by atoms with van der Waals surface area (Å²) in [5, 5.41) is 8.43. The van der Waals surface area contributed by atoms with Crippen LogP contribution in [0.25, 0.3) is 16.5 Å². The molecule has 4 aromatic rings. The largest absolute Gasteiger partial charge is 0.454 e. The zero-order chi connectivity index (χ0) is 24.7. The van der Waals surface area contributed by atoms with Crippen LogP contribution in [-0.4, -0.2) is 43.2 Å². The smallest absolute Gasteiger partial charge is 0.327 e. The van der Waals surface area contributed by atoms with Crippen LogP contribution in [0.2, 0.25) is 0 Å². The van der Waals surface area contributed by atoms with E-state index in [-0.39, 0.29) is 4.90 Å². The third-order valence-corrected chi connectivity index (χ3v) is 7.50. The Balaban J connectivity index is 1.26. The maximum Gasteiger partial charge on any atom is 0.327 e. The first-order valence-electron chi connectivity index (χ1n) is 10.9. The van der Waals surface area contributed by atoms with Crippen LogP contribution in [0.3, 0.4) is 0 Å². The van der Waals surface area contributed by atoms with E-state index in [0.29, 0.717) is 22.6 Å². The van der Waals surface area contributed by atoms with Crippen molar-refractivity contribution in [3.05, 3.63) is 78.0 Å². The van der Waals surface area contributed by atoms with Crippen molar-refractivity contribution < 1.29 is 22.7 Å². The van der Waals surface area contributed by atoms with Crippen molar-refractivity contribution in [1.82, 2.24) is 9.78 Å². The van der Waals surface area contributed by atoms with Gasteiger partial charge in [-0.1, -0.05) is 42.0 Å². The predicted octanol–water partition coefficient (Wildman–Crippen LogP) is 3.33. The highest BCUT2D eigenvalue weighted by atomic mass is 32.2. The highest BCUT2D eigenvalue weighted by Crippen LogP contribution is 2.41. The number of amides is 1. The molecule has 0 saturated carbocycles. The molecule has 3 aromatic carbocycles. The lowest BCUT2D eigenvalue weighted by Gasteiger charge is -2.17. The van der Waals surface area contributed by atoms with E-state index in [1.165, 1.54) is 6.07 Å². The zero-order valence-electron chi connectivity index (χ0n) is 19.1. The molecule has 0 atom stereocenters. The minimum Gasteiger partial charge on any atom is -0.454 e. The first-order chi connectivity index (χ1) is 16.7. The monoisotopic (exact) mass is 490 g/mol. The predicted molar refractivity (Wildman–Crippen MR) is 131 cm³/mol. The number of benzene rings is 3. The number of esters is 1. The number of anilines is 2. The van der Waals surface area contributed by atoms with E-state index in [2.05, 4.69) is 10.4 Å². The van der Waals surface area contributed by atoms with E-state index < -0.39 is 35.1 Å². The first kappa shape index (κ1) is 22.6. The molecule has 1 amide bonds. The zero-order valence-corrected chi connectivity index (χ0v) is 19.9. The number of nitrogens with one attached hydrogen (secondary N) is 1. The number of aromatic nitrogens is 2. The topological polar surface area (TPSA) is 111 Å². The lowest BCUT2D eigenvalue weighted by molar-refractivity contribution is -0.145. The van der Waals surface area contributed by atoms with Gasteiger partial charge in [-0.25, -0.2) is 13.1 Å². The number of aryl methyl sites for hydroxylation is 2. The molecule has 178 valence electrons. The van der Waals surface area contributed by atoms with Crippen molar-refractivity contribution >= 4 is 44.2 Å². The summed E-state index contributed by atoms with van der Waals surface area (Å²) in [6.07, 6.45) is 0. The molecular formula is C25H22N4O5S. The van der Waals surface area contributed by atoms with Crippen molar-refractivity contribution in [2.24, 2.45) is 0 Å². The molecule has 0 radical (unpaired) electrons. The molecule has 0 bridgehead atoms.